The van der Waals surface area contributed by atoms with E-state index in [1.165, 1.54) is 11.3 Å². The van der Waals surface area contributed by atoms with Crippen LogP contribution in [0.4, 0.5) is 0 Å². The molecule has 0 saturated heterocycles. The highest BCUT2D eigenvalue weighted by molar-refractivity contribution is 7.19. The van der Waals surface area contributed by atoms with Crippen molar-refractivity contribution in [2.45, 2.75) is 34.1 Å². The molecule has 0 radical (unpaired) electrons. The van der Waals surface area contributed by atoms with Crippen molar-refractivity contribution in [3.05, 3.63) is 34.2 Å². The number of rotatable bonds is 3. The van der Waals surface area contributed by atoms with Crippen LogP contribution < -0.4 is 0 Å². The fourth-order valence-corrected chi connectivity index (χ4v) is 3.87. The van der Waals surface area contributed by atoms with Gasteiger partial charge in [-0.1, -0.05) is 16.5 Å². The standard InChI is InChI=1S/C15H17N7OS/c1-7-11(10(4)23-20-7)6-12-16-17-15-22(12)19-14(24-15)13-8(2)18-21(5)9(13)3/h6H2,1-5H3. The van der Waals surface area contributed by atoms with Crippen molar-refractivity contribution in [3.8, 4) is 10.6 Å². The first-order valence-electron chi connectivity index (χ1n) is 7.59. The number of aryl methyl sites for hydroxylation is 4. The Hall–Kier alpha value is -2.55. The minimum atomic E-state index is 0.594. The highest BCUT2D eigenvalue weighted by Gasteiger charge is 2.20. The minimum Gasteiger partial charge on any atom is -0.361 e. The van der Waals surface area contributed by atoms with E-state index in [9.17, 15) is 0 Å². The predicted molar refractivity (Wildman–Crippen MR) is 89.1 cm³/mol. The Bertz CT molecular complexity index is 1030. The van der Waals surface area contributed by atoms with Crippen molar-refractivity contribution in [3.63, 3.8) is 0 Å². The van der Waals surface area contributed by atoms with Crippen LogP contribution in [-0.2, 0) is 13.5 Å². The number of nitrogens with zero attached hydrogens (tertiary/aromatic N) is 7. The molecule has 0 bridgehead atoms. The Morgan fingerprint density at radius 3 is 2.46 bits per heavy atom. The first-order valence-corrected chi connectivity index (χ1v) is 8.40. The number of aromatic nitrogens is 7. The monoisotopic (exact) mass is 343 g/mol. The van der Waals surface area contributed by atoms with Crippen LogP contribution in [-0.4, -0.2) is 34.7 Å². The Labute approximate surface area is 142 Å². The van der Waals surface area contributed by atoms with Crippen LogP contribution in [0.1, 0.15) is 34.2 Å². The minimum absolute atomic E-state index is 0.594. The summed E-state index contributed by atoms with van der Waals surface area (Å²) in [5.41, 5.74) is 5.03. The lowest BCUT2D eigenvalue weighted by Crippen LogP contribution is -1.99. The van der Waals surface area contributed by atoms with Crippen LogP contribution >= 0.6 is 11.3 Å². The van der Waals surface area contributed by atoms with Gasteiger partial charge in [0.25, 0.3) is 0 Å². The average molecular weight is 343 g/mol. The van der Waals surface area contributed by atoms with Gasteiger partial charge < -0.3 is 4.52 Å². The van der Waals surface area contributed by atoms with Crippen molar-refractivity contribution in [2.24, 2.45) is 7.05 Å². The Morgan fingerprint density at radius 2 is 1.83 bits per heavy atom. The lowest BCUT2D eigenvalue weighted by Gasteiger charge is -1.98. The maximum absolute atomic E-state index is 5.23. The van der Waals surface area contributed by atoms with Gasteiger partial charge in [-0.3, -0.25) is 4.68 Å². The van der Waals surface area contributed by atoms with Gasteiger partial charge in [0.05, 0.1) is 17.0 Å². The molecular formula is C15H17N7OS. The summed E-state index contributed by atoms with van der Waals surface area (Å²) in [5.74, 6) is 1.58. The third-order valence-corrected chi connectivity index (χ3v) is 5.21. The third kappa shape index (κ3) is 2.15. The van der Waals surface area contributed by atoms with E-state index < -0.39 is 0 Å². The summed E-state index contributed by atoms with van der Waals surface area (Å²) in [5, 5.41) is 22.6. The van der Waals surface area contributed by atoms with Crippen molar-refractivity contribution < 1.29 is 4.52 Å². The lowest BCUT2D eigenvalue weighted by atomic mass is 10.1. The quantitative estimate of drug-likeness (QED) is 0.568. The second-order valence-electron chi connectivity index (χ2n) is 5.87. The van der Waals surface area contributed by atoms with E-state index in [2.05, 4.69) is 20.5 Å². The molecule has 0 amide bonds. The molecule has 0 atom stereocenters. The van der Waals surface area contributed by atoms with Crippen LogP contribution in [0, 0.1) is 27.7 Å². The van der Waals surface area contributed by atoms with Crippen molar-refractivity contribution in [1.82, 2.24) is 34.7 Å². The Balaban J connectivity index is 1.79. The predicted octanol–water partition coefficient (Wildman–Crippen LogP) is 2.40. The Morgan fingerprint density at radius 1 is 1.04 bits per heavy atom. The number of fused-ring (bicyclic) bond motifs is 1. The normalized spacial score (nSPS) is 11.7. The molecule has 4 heterocycles. The molecule has 0 fully saturated rings. The lowest BCUT2D eigenvalue weighted by molar-refractivity contribution is 0.392. The van der Waals surface area contributed by atoms with Crippen molar-refractivity contribution in [2.75, 3.05) is 0 Å². The Kier molecular flexibility index (Phi) is 3.27. The molecule has 0 saturated carbocycles. The summed E-state index contributed by atoms with van der Waals surface area (Å²) in [6.45, 7) is 7.87. The smallest absolute Gasteiger partial charge is 0.234 e. The van der Waals surface area contributed by atoms with Crippen molar-refractivity contribution in [1.29, 1.82) is 0 Å². The van der Waals surface area contributed by atoms with E-state index in [0.717, 1.165) is 49.8 Å². The molecule has 8 nitrogen and oxygen atoms in total. The number of hydrogen-bond donors (Lipinski definition) is 0. The van der Waals surface area contributed by atoms with E-state index in [1.807, 2.05) is 39.4 Å². The topological polar surface area (TPSA) is 86.9 Å². The molecule has 24 heavy (non-hydrogen) atoms. The summed E-state index contributed by atoms with van der Waals surface area (Å²) in [4.78, 5) is 0.773. The molecule has 0 aromatic carbocycles. The van der Waals surface area contributed by atoms with Gasteiger partial charge in [0.1, 0.15) is 5.76 Å². The van der Waals surface area contributed by atoms with Gasteiger partial charge in [-0.25, -0.2) is 0 Å². The van der Waals surface area contributed by atoms with Crippen LogP contribution in [0.2, 0.25) is 0 Å². The molecule has 124 valence electrons. The zero-order chi connectivity index (χ0) is 17.0. The molecule has 9 heteroatoms. The highest BCUT2D eigenvalue weighted by Crippen LogP contribution is 2.30. The van der Waals surface area contributed by atoms with E-state index in [1.54, 1.807) is 4.52 Å². The molecule has 0 aliphatic heterocycles. The van der Waals surface area contributed by atoms with Gasteiger partial charge in [-0.2, -0.15) is 14.7 Å². The molecular weight excluding hydrogens is 326 g/mol. The average Bonchev–Trinajstić information content (AvgIpc) is 3.23. The second-order valence-corrected chi connectivity index (χ2v) is 6.82. The van der Waals surface area contributed by atoms with Crippen LogP contribution in [0.25, 0.3) is 15.5 Å². The third-order valence-electron chi connectivity index (χ3n) is 4.29. The van der Waals surface area contributed by atoms with Crippen molar-refractivity contribution >= 4 is 16.3 Å². The SMILES string of the molecule is Cc1noc(C)c1Cc1nnc2sc(-c3c(C)nn(C)c3C)nn12. The molecule has 0 N–H and O–H groups in total. The van der Waals surface area contributed by atoms with Gasteiger partial charge >= 0.3 is 0 Å². The van der Waals surface area contributed by atoms with Crippen LogP contribution in [0.3, 0.4) is 0 Å². The molecule has 4 rings (SSSR count). The largest absolute Gasteiger partial charge is 0.361 e. The summed E-state index contributed by atoms with van der Waals surface area (Å²) < 4.78 is 8.90. The summed E-state index contributed by atoms with van der Waals surface area (Å²) in [7, 11) is 1.94. The number of hydrogen-bond acceptors (Lipinski definition) is 7. The summed E-state index contributed by atoms with van der Waals surface area (Å²) in [6, 6.07) is 0. The van der Waals surface area contributed by atoms with Gasteiger partial charge in [0.15, 0.2) is 10.8 Å². The summed E-state index contributed by atoms with van der Waals surface area (Å²) in [6.07, 6.45) is 0.594. The first-order chi connectivity index (χ1) is 11.5. The maximum Gasteiger partial charge on any atom is 0.234 e. The van der Waals surface area contributed by atoms with Gasteiger partial charge in [0, 0.05) is 24.7 Å². The van der Waals surface area contributed by atoms with Gasteiger partial charge in [-0.05, 0) is 27.7 Å². The fraction of sp³-hybridized carbons (Fsp3) is 0.400. The van der Waals surface area contributed by atoms with E-state index in [4.69, 9.17) is 9.62 Å². The van der Waals surface area contributed by atoms with E-state index in [-0.39, 0.29) is 0 Å². The van der Waals surface area contributed by atoms with Crippen LogP contribution in [0.15, 0.2) is 4.52 Å². The maximum atomic E-state index is 5.23. The van der Waals surface area contributed by atoms with Gasteiger partial charge in [0.2, 0.25) is 4.96 Å². The first kappa shape index (κ1) is 15.0. The van der Waals surface area contributed by atoms with Crippen LogP contribution in [0.5, 0.6) is 0 Å². The molecule has 4 aromatic heterocycles. The molecule has 4 aromatic rings. The molecule has 0 aliphatic carbocycles. The molecule has 0 unspecified atom stereocenters. The second kappa shape index (κ2) is 5.23. The fourth-order valence-electron chi connectivity index (χ4n) is 2.86. The zero-order valence-electron chi connectivity index (χ0n) is 14.2. The highest BCUT2D eigenvalue weighted by atomic mass is 32.1. The molecule has 0 spiro atoms. The van der Waals surface area contributed by atoms with E-state index >= 15 is 0 Å². The van der Waals surface area contributed by atoms with Gasteiger partial charge in [-0.15, -0.1) is 10.2 Å². The summed E-state index contributed by atoms with van der Waals surface area (Å²) >= 11 is 1.52. The molecule has 0 aliphatic rings. The zero-order valence-corrected chi connectivity index (χ0v) is 15.0. The van der Waals surface area contributed by atoms with E-state index in [0.29, 0.717) is 6.42 Å².